The lowest BCUT2D eigenvalue weighted by molar-refractivity contribution is -0.137. The third-order valence-electron chi connectivity index (χ3n) is 3.90. The number of carbonyl (C=O) groups is 2. The maximum Gasteiger partial charge on any atom is 0.305 e. The van der Waals surface area contributed by atoms with Crippen molar-refractivity contribution in [3.8, 4) is 0 Å². The number of hydrogen-bond donors (Lipinski definition) is 1. The Morgan fingerprint density at radius 2 is 1.86 bits per heavy atom. The highest BCUT2D eigenvalue weighted by Gasteiger charge is 2.28. The van der Waals surface area contributed by atoms with Crippen molar-refractivity contribution >= 4 is 17.6 Å². The molecule has 1 unspecified atom stereocenters. The molecule has 1 saturated heterocycles. The van der Waals surface area contributed by atoms with Gasteiger partial charge >= 0.3 is 5.97 Å². The first-order valence-corrected chi connectivity index (χ1v) is 7.42. The highest BCUT2D eigenvalue weighted by Crippen LogP contribution is 2.19. The summed E-state index contributed by atoms with van der Waals surface area (Å²) in [5.41, 5.74) is 0.888. The molecule has 2 rings (SSSR count). The molecule has 21 heavy (non-hydrogen) atoms. The third-order valence-corrected chi connectivity index (χ3v) is 3.90. The quantitative estimate of drug-likeness (QED) is 0.870. The Labute approximate surface area is 125 Å². The Bertz CT molecular complexity index is 484. The molecule has 0 aromatic heterocycles. The number of likely N-dealkylation sites (tertiary alicyclic amines) is 1. The van der Waals surface area contributed by atoms with Crippen LogP contribution in [0.15, 0.2) is 30.3 Å². The predicted molar refractivity (Wildman–Crippen MR) is 81.3 cm³/mol. The Balaban J connectivity index is 2.13. The van der Waals surface area contributed by atoms with E-state index in [-0.39, 0.29) is 18.4 Å². The van der Waals surface area contributed by atoms with Crippen LogP contribution in [0.2, 0.25) is 0 Å². The van der Waals surface area contributed by atoms with Gasteiger partial charge in [0.15, 0.2) is 0 Å². The molecule has 1 heterocycles. The molecule has 0 bridgehead atoms. The molecular formula is C16H22N2O3. The lowest BCUT2D eigenvalue weighted by Crippen LogP contribution is -2.47. The molecular weight excluding hydrogens is 268 g/mol. The number of carboxylic acids is 1. The van der Waals surface area contributed by atoms with Crippen LogP contribution in [-0.4, -0.2) is 47.6 Å². The molecule has 1 aromatic carbocycles. The zero-order valence-electron chi connectivity index (χ0n) is 12.4. The summed E-state index contributed by atoms with van der Waals surface area (Å²) in [7, 11) is 0. The second kappa shape index (κ2) is 7.11. The topological polar surface area (TPSA) is 60.9 Å². The fraction of sp³-hybridized carbons (Fsp3) is 0.500. The van der Waals surface area contributed by atoms with Crippen LogP contribution < -0.4 is 4.90 Å². The monoisotopic (exact) mass is 290 g/mol. The Morgan fingerprint density at radius 3 is 2.43 bits per heavy atom. The standard InChI is InChI=1S/C16H22N2O3/c1-13(16(21)17-10-5-6-11-17)18(12-9-15(19)20)14-7-3-2-4-8-14/h2-4,7-8,13H,5-6,9-12H2,1H3,(H,19,20). The van der Waals surface area contributed by atoms with Crippen LogP contribution in [0.3, 0.4) is 0 Å². The molecule has 5 heteroatoms. The van der Waals surface area contributed by atoms with Crippen molar-refractivity contribution in [1.29, 1.82) is 0 Å². The van der Waals surface area contributed by atoms with Crippen LogP contribution in [0.5, 0.6) is 0 Å². The number of anilines is 1. The zero-order chi connectivity index (χ0) is 15.2. The van der Waals surface area contributed by atoms with Gasteiger partial charge in [-0.05, 0) is 31.9 Å². The molecule has 1 fully saturated rings. The van der Waals surface area contributed by atoms with E-state index >= 15 is 0 Å². The summed E-state index contributed by atoms with van der Waals surface area (Å²) in [5, 5.41) is 8.92. The van der Waals surface area contributed by atoms with Crippen molar-refractivity contribution in [2.45, 2.75) is 32.2 Å². The molecule has 1 aliphatic rings. The number of aliphatic carboxylic acids is 1. The van der Waals surface area contributed by atoms with Crippen molar-refractivity contribution in [2.24, 2.45) is 0 Å². The van der Waals surface area contributed by atoms with Gasteiger partial charge in [0, 0.05) is 25.3 Å². The van der Waals surface area contributed by atoms with Crippen LogP contribution in [0.25, 0.3) is 0 Å². The van der Waals surface area contributed by atoms with Crippen molar-refractivity contribution in [3.63, 3.8) is 0 Å². The van der Waals surface area contributed by atoms with E-state index in [0.29, 0.717) is 6.54 Å². The summed E-state index contributed by atoms with van der Waals surface area (Å²) in [5.74, 6) is -0.765. The zero-order valence-corrected chi connectivity index (χ0v) is 12.4. The normalized spacial score (nSPS) is 15.8. The summed E-state index contributed by atoms with van der Waals surface area (Å²) >= 11 is 0. The van der Waals surface area contributed by atoms with Crippen molar-refractivity contribution in [1.82, 2.24) is 4.90 Å². The Kier molecular flexibility index (Phi) is 5.20. The molecule has 0 radical (unpaired) electrons. The minimum absolute atomic E-state index is 0.0204. The first-order valence-electron chi connectivity index (χ1n) is 7.42. The minimum atomic E-state index is -0.850. The number of carboxylic acid groups (broad SMARTS) is 1. The van der Waals surface area contributed by atoms with Crippen molar-refractivity contribution in [2.75, 3.05) is 24.5 Å². The fourth-order valence-electron chi connectivity index (χ4n) is 2.72. The molecule has 114 valence electrons. The van der Waals surface area contributed by atoms with E-state index in [2.05, 4.69) is 0 Å². The molecule has 0 aliphatic carbocycles. The summed E-state index contributed by atoms with van der Waals surface area (Å²) in [6.45, 7) is 3.81. The highest BCUT2D eigenvalue weighted by molar-refractivity contribution is 5.85. The van der Waals surface area contributed by atoms with Gasteiger partial charge in [-0.1, -0.05) is 18.2 Å². The van der Waals surface area contributed by atoms with Gasteiger partial charge in [-0.15, -0.1) is 0 Å². The Morgan fingerprint density at radius 1 is 1.24 bits per heavy atom. The smallest absolute Gasteiger partial charge is 0.305 e. The third kappa shape index (κ3) is 3.97. The van der Waals surface area contributed by atoms with Gasteiger partial charge in [-0.25, -0.2) is 0 Å². The lowest BCUT2D eigenvalue weighted by Gasteiger charge is -2.32. The summed E-state index contributed by atoms with van der Waals surface area (Å²) in [6, 6.07) is 9.19. The first-order chi connectivity index (χ1) is 10.1. The second-order valence-electron chi connectivity index (χ2n) is 5.38. The van der Waals surface area contributed by atoms with Gasteiger partial charge in [0.25, 0.3) is 0 Å². The van der Waals surface area contributed by atoms with Crippen molar-refractivity contribution < 1.29 is 14.7 Å². The number of rotatable bonds is 6. The molecule has 1 aliphatic heterocycles. The van der Waals surface area contributed by atoms with E-state index in [4.69, 9.17) is 5.11 Å². The summed E-state index contributed by atoms with van der Waals surface area (Å²) in [6.07, 6.45) is 2.13. The maximum absolute atomic E-state index is 12.5. The van der Waals surface area contributed by atoms with Gasteiger partial charge in [0.2, 0.25) is 5.91 Å². The van der Waals surface area contributed by atoms with E-state index in [0.717, 1.165) is 31.6 Å². The largest absolute Gasteiger partial charge is 0.481 e. The molecule has 0 saturated carbocycles. The second-order valence-corrected chi connectivity index (χ2v) is 5.38. The van der Waals surface area contributed by atoms with Crippen molar-refractivity contribution in [3.05, 3.63) is 30.3 Å². The fourth-order valence-corrected chi connectivity index (χ4v) is 2.72. The number of benzene rings is 1. The SMILES string of the molecule is CC(C(=O)N1CCCC1)N(CCC(=O)O)c1ccccc1. The van der Waals surface area contributed by atoms with Crippen LogP contribution >= 0.6 is 0 Å². The predicted octanol–water partition coefficient (Wildman–Crippen LogP) is 1.98. The molecule has 0 spiro atoms. The number of amides is 1. The number of para-hydroxylation sites is 1. The molecule has 1 amide bonds. The van der Waals surface area contributed by atoms with E-state index in [1.54, 1.807) is 0 Å². The molecule has 1 atom stereocenters. The number of hydrogen-bond acceptors (Lipinski definition) is 3. The van der Waals surface area contributed by atoms with Crippen LogP contribution in [0, 0.1) is 0 Å². The van der Waals surface area contributed by atoms with Crippen LogP contribution in [0.4, 0.5) is 5.69 Å². The average molecular weight is 290 g/mol. The maximum atomic E-state index is 12.5. The lowest BCUT2D eigenvalue weighted by atomic mass is 10.2. The Hall–Kier alpha value is -2.04. The van der Waals surface area contributed by atoms with Gasteiger partial charge < -0.3 is 14.9 Å². The van der Waals surface area contributed by atoms with Gasteiger partial charge in [-0.2, -0.15) is 0 Å². The summed E-state index contributed by atoms with van der Waals surface area (Å²) < 4.78 is 0. The highest BCUT2D eigenvalue weighted by atomic mass is 16.4. The minimum Gasteiger partial charge on any atom is -0.481 e. The summed E-state index contributed by atoms with van der Waals surface area (Å²) in [4.78, 5) is 27.2. The molecule has 1 N–H and O–H groups in total. The number of carbonyl (C=O) groups excluding carboxylic acids is 1. The average Bonchev–Trinajstić information content (AvgIpc) is 3.01. The van der Waals surface area contributed by atoms with E-state index in [1.165, 1.54) is 0 Å². The molecule has 1 aromatic rings. The van der Waals surface area contributed by atoms with Gasteiger partial charge in [0.05, 0.1) is 6.42 Å². The van der Waals surface area contributed by atoms with Gasteiger partial charge in [0.1, 0.15) is 6.04 Å². The van der Waals surface area contributed by atoms with Crippen LogP contribution in [-0.2, 0) is 9.59 Å². The van der Waals surface area contributed by atoms with E-state index < -0.39 is 5.97 Å². The number of nitrogens with zero attached hydrogens (tertiary/aromatic N) is 2. The van der Waals surface area contributed by atoms with Crippen LogP contribution in [0.1, 0.15) is 26.2 Å². The first kappa shape index (κ1) is 15.4. The van der Waals surface area contributed by atoms with Gasteiger partial charge in [-0.3, -0.25) is 9.59 Å². The van der Waals surface area contributed by atoms with E-state index in [9.17, 15) is 9.59 Å². The molecule has 5 nitrogen and oxygen atoms in total. The van der Waals surface area contributed by atoms with E-state index in [1.807, 2.05) is 47.1 Å².